The summed E-state index contributed by atoms with van der Waals surface area (Å²) in [5.74, 6) is -1.90. The molecule has 0 saturated carbocycles. The number of nitrogens with one attached hydrogen (secondary N) is 1. The monoisotopic (exact) mass is 326 g/mol. The van der Waals surface area contributed by atoms with E-state index in [9.17, 15) is 24.3 Å². The van der Waals surface area contributed by atoms with E-state index in [0.29, 0.717) is 6.42 Å². The van der Waals surface area contributed by atoms with Gasteiger partial charge in [0.1, 0.15) is 5.60 Å². The first-order chi connectivity index (χ1) is 10.5. The number of hydrogen-bond acceptors (Lipinski definition) is 5. The molecule has 8 heteroatoms. The second-order valence-electron chi connectivity index (χ2n) is 7.08. The Morgan fingerprint density at radius 2 is 2.04 bits per heavy atom. The van der Waals surface area contributed by atoms with Gasteiger partial charge in [0, 0.05) is 24.8 Å². The van der Waals surface area contributed by atoms with Crippen LogP contribution in [0.2, 0.25) is 0 Å². The molecule has 8 nitrogen and oxygen atoms in total. The average Bonchev–Trinajstić information content (AvgIpc) is 2.79. The quantitative estimate of drug-likeness (QED) is 0.732. The predicted octanol–water partition coefficient (Wildman–Crippen LogP) is 0.546. The van der Waals surface area contributed by atoms with Crippen molar-refractivity contribution in [2.24, 2.45) is 5.92 Å². The molecule has 2 unspecified atom stereocenters. The van der Waals surface area contributed by atoms with Gasteiger partial charge >= 0.3 is 12.1 Å². The first-order valence-electron chi connectivity index (χ1n) is 7.57. The van der Waals surface area contributed by atoms with Crippen molar-refractivity contribution in [1.29, 1.82) is 0 Å². The second kappa shape index (κ2) is 5.82. The van der Waals surface area contributed by atoms with Crippen LogP contribution in [0.1, 0.15) is 40.0 Å². The Hall–Kier alpha value is -2.12. The van der Waals surface area contributed by atoms with Crippen LogP contribution in [0.25, 0.3) is 0 Å². The van der Waals surface area contributed by atoms with E-state index >= 15 is 0 Å². The lowest BCUT2D eigenvalue weighted by molar-refractivity contribution is -0.162. The smallest absolute Gasteiger partial charge is 0.408 e. The number of ketones is 1. The van der Waals surface area contributed by atoms with Crippen molar-refractivity contribution in [1.82, 2.24) is 10.2 Å². The van der Waals surface area contributed by atoms with Crippen molar-refractivity contribution in [3.05, 3.63) is 0 Å². The Morgan fingerprint density at radius 1 is 1.39 bits per heavy atom. The van der Waals surface area contributed by atoms with Crippen molar-refractivity contribution in [3.63, 3.8) is 0 Å². The van der Waals surface area contributed by atoms with Gasteiger partial charge in [0.2, 0.25) is 5.91 Å². The molecule has 0 aliphatic carbocycles. The Morgan fingerprint density at radius 3 is 2.52 bits per heavy atom. The highest BCUT2D eigenvalue weighted by Crippen LogP contribution is 2.38. The third-order valence-corrected chi connectivity index (χ3v) is 4.42. The molecule has 2 aliphatic heterocycles. The van der Waals surface area contributed by atoms with E-state index in [-0.39, 0.29) is 31.8 Å². The molecule has 2 fully saturated rings. The fraction of sp³-hybridized carbons (Fsp3) is 0.733. The van der Waals surface area contributed by atoms with Gasteiger partial charge in [-0.15, -0.1) is 0 Å². The molecule has 2 saturated heterocycles. The zero-order chi connectivity index (χ0) is 17.4. The lowest BCUT2D eigenvalue weighted by Gasteiger charge is -2.40. The molecule has 2 aliphatic rings. The van der Waals surface area contributed by atoms with Gasteiger partial charge in [0.15, 0.2) is 5.78 Å². The molecule has 2 amide bonds. The van der Waals surface area contributed by atoms with Gasteiger partial charge in [-0.3, -0.25) is 19.3 Å². The van der Waals surface area contributed by atoms with E-state index in [0.717, 1.165) is 4.90 Å². The molecule has 23 heavy (non-hydrogen) atoms. The molecule has 0 radical (unpaired) electrons. The topological polar surface area (TPSA) is 113 Å². The van der Waals surface area contributed by atoms with Gasteiger partial charge in [-0.05, 0) is 20.8 Å². The summed E-state index contributed by atoms with van der Waals surface area (Å²) >= 11 is 0. The van der Waals surface area contributed by atoms with Crippen LogP contribution in [-0.4, -0.2) is 58.0 Å². The summed E-state index contributed by atoms with van der Waals surface area (Å²) in [5, 5.41) is 11.9. The summed E-state index contributed by atoms with van der Waals surface area (Å²) in [4.78, 5) is 48.3. The van der Waals surface area contributed by atoms with Crippen LogP contribution in [0.3, 0.4) is 0 Å². The van der Waals surface area contributed by atoms with Crippen LogP contribution in [-0.2, 0) is 19.1 Å². The van der Waals surface area contributed by atoms with E-state index < -0.39 is 34.9 Å². The van der Waals surface area contributed by atoms with Crippen LogP contribution >= 0.6 is 0 Å². The first kappa shape index (κ1) is 17.2. The number of ether oxygens (including phenoxy) is 1. The third-order valence-electron chi connectivity index (χ3n) is 4.42. The Labute approximate surface area is 134 Å². The van der Waals surface area contributed by atoms with Gasteiger partial charge < -0.3 is 15.2 Å². The maximum Gasteiger partial charge on any atom is 0.408 e. The predicted molar refractivity (Wildman–Crippen MR) is 78.7 cm³/mol. The van der Waals surface area contributed by atoms with Crippen molar-refractivity contribution in [2.75, 3.05) is 13.1 Å². The Balaban J connectivity index is 2.22. The lowest BCUT2D eigenvalue weighted by Crippen LogP contribution is -2.59. The van der Waals surface area contributed by atoms with E-state index in [1.807, 2.05) is 0 Å². The molecule has 128 valence electrons. The Kier molecular flexibility index (Phi) is 4.37. The molecular weight excluding hydrogens is 304 g/mol. The Bertz CT molecular complexity index is 553. The molecule has 2 rings (SSSR count). The van der Waals surface area contributed by atoms with Gasteiger partial charge in [-0.2, -0.15) is 0 Å². The molecule has 2 N–H and O–H groups in total. The molecule has 1 spiro atoms. The van der Waals surface area contributed by atoms with Crippen LogP contribution in [0, 0.1) is 5.92 Å². The van der Waals surface area contributed by atoms with Gasteiger partial charge in [0.05, 0.1) is 19.0 Å². The van der Waals surface area contributed by atoms with E-state index in [4.69, 9.17) is 4.74 Å². The fourth-order valence-electron chi connectivity index (χ4n) is 3.09. The minimum Gasteiger partial charge on any atom is -0.465 e. The van der Waals surface area contributed by atoms with Gasteiger partial charge in [0.25, 0.3) is 0 Å². The summed E-state index contributed by atoms with van der Waals surface area (Å²) in [6.45, 7) is 4.82. The molecule has 2 atom stereocenters. The number of carbonyl (C=O) groups is 4. The largest absolute Gasteiger partial charge is 0.465 e. The maximum atomic E-state index is 12.7. The normalized spacial score (nSPS) is 27.5. The standard InChI is InChI=1S/C15H22N2O6/c1-14(2,3)17(13(21)22)7-10(18)9-6-11(19)16-8-15(9)5-4-12(20)23-15/h9H,4-8H2,1-3H3,(H,16,19)(H,21,22). The molecule has 0 aromatic rings. The number of rotatable bonds is 3. The summed E-state index contributed by atoms with van der Waals surface area (Å²) < 4.78 is 5.36. The van der Waals surface area contributed by atoms with Crippen molar-refractivity contribution in [2.45, 2.75) is 51.2 Å². The van der Waals surface area contributed by atoms with Crippen molar-refractivity contribution >= 4 is 23.8 Å². The minimum absolute atomic E-state index is 0.0935. The zero-order valence-corrected chi connectivity index (χ0v) is 13.5. The summed E-state index contributed by atoms with van der Waals surface area (Å²) in [6, 6.07) is 0. The number of Topliss-reactive ketones (excluding diaryl/α,β-unsaturated/α-hetero) is 1. The highest BCUT2D eigenvalue weighted by atomic mass is 16.6. The number of esters is 1. The van der Waals surface area contributed by atoms with Crippen molar-refractivity contribution in [3.8, 4) is 0 Å². The van der Waals surface area contributed by atoms with Gasteiger partial charge in [-0.25, -0.2) is 4.79 Å². The maximum absolute atomic E-state index is 12.7. The number of hydrogen-bond donors (Lipinski definition) is 2. The summed E-state index contributed by atoms with van der Waals surface area (Å²) in [5.41, 5.74) is -1.79. The van der Waals surface area contributed by atoms with Crippen LogP contribution in [0.15, 0.2) is 0 Å². The number of amides is 2. The molecule has 0 aromatic heterocycles. The average molecular weight is 326 g/mol. The second-order valence-corrected chi connectivity index (χ2v) is 7.08. The summed E-state index contributed by atoms with van der Waals surface area (Å²) in [7, 11) is 0. The number of piperidine rings is 1. The fourth-order valence-corrected chi connectivity index (χ4v) is 3.09. The lowest BCUT2D eigenvalue weighted by atomic mass is 9.77. The number of carboxylic acid groups (broad SMARTS) is 1. The molecular formula is C15H22N2O6. The van der Waals surface area contributed by atoms with Crippen LogP contribution < -0.4 is 5.32 Å². The minimum atomic E-state index is -1.21. The highest BCUT2D eigenvalue weighted by molar-refractivity contribution is 5.93. The number of nitrogens with zero attached hydrogens (tertiary/aromatic N) is 1. The summed E-state index contributed by atoms with van der Waals surface area (Å²) in [6.07, 6.45) is -0.750. The van der Waals surface area contributed by atoms with Crippen LogP contribution in [0.4, 0.5) is 4.79 Å². The van der Waals surface area contributed by atoms with E-state index in [1.165, 1.54) is 0 Å². The molecule has 0 aromatic carbocycles. The SMILES string of the molecule is CC(C)(C)N(CC(=O)C1CC(=O)NCC12CCC(=O)O2)C(=O)O. The number of carbonyl (C=O) groups excluding carboxylic acids is 3. The van der Waals surface area contributed by atoms with Crippen molar-refractivity contribution < 1.29 is 29.0 Å². The highest BCUT2D eigenvalue weighted by Gasteiger charge is 2.53. The van der Waals surface area contributed by atoms with Crippen LogP contribution in [0.5, 0.6) is 0 Å². The van der Waals surface area contributed by atoms with E-state index in [2.05, 4.69) is 5.32 Å². The van der Waals surface area contributed by atoms with Gasteiger partial charge in [-0.1, -0.05) is 0 Å². The van der Waals surface area contributed by atoms with E-state index in [1.54, 1.807) is 20.8 Å². The first-order valence-corrected chi connectivity index (χ1v) is 7.57. The zero-order valence-electron chi connectivity index (χ0n) is 13.5. The third kappa shape index (κ3) is 3.46. The molecule has 0 bridgehead atoms. The molecule has 2 heterocycles.